The molecule has 4 saturated carbocycles. The van der Waals surface area contributed by atoms with Crippen molar-refractivity contribution in [1.29, 1.82) is 0 Å². The molecule has 1 aromatic rings. The fourth-order valence-electron chi connectivity index (χ4n) is 7.42. The van der Waals surface area contributed by atoms with E-state index >= 15 is 0 Å². The normalized spacial score (nSPS) is 35.9. The standard InChI is InChI=1S/C28H36N2O2/c1-17-25(3,4)19-11-13-27(17,15-19)23(31)29-21-7-9-22(10-8-21)30-24(32)28-14-12-20(16-28)26(5,6)18(28)2/h7-10,19-20H,1-2,11-16H2,3-6H3,(H,29,31)(H,30,32). The topological polar surface area (TPSA) is 58.2 Å². The van der Waals surface area contributed by atoms with Crippen LogP contribution >= 0.6 is 0 Å². The van der Waals surface area contributed by atoms with Crippen molar-refractivity contribution < 1.29 is 9.59 Å². The lowest BCUT2D eigenvalue weighted by Gasteiger charge is -2.37. The van der Waals surface area contributed by atoms with Crippen molar-refractivity contribution in [2.24, 2.45) is 33.5 Å². The first-order valence-corrected chi connectivity index (χ1v) is 12.1. The van der Waals surface area contributed by atoms with Gasteiger partial charge in [-0.25, -0.2) is 0 Å². The van der Waals surface area contributed by atoms with Gasteiger partial charge in [0.2, 0.25) is 11.8 Å². The monoisotopic (exact) mass is 432 g/mol. The third-order valence-corrected chi connectivity index (χ3v) is 10.1. The molecule has 2 amide bonds. The van der Waals surface area contributed by atoms with E-state index < -0.39 is 10.8 Å². The largest absolute Gasteiger partial charge is 0.325 e. The predicted molar refractivity (Wildman–Crippen MR) is 129 cm³/mol. The van der Waals surface area contributed by atoms with Gasteiger partial charge in [0, 0.05) is 11.4 Å². The van der Waals surface area contributed by atoms with E-state index in [-0.39, 0.29) is 22.6 Å². The van der Waals surface area contributed by atoms with Gasteiger partial charge in [0.15, 0.2) is 0 Å². The SMILES string of the molecule is C=C1C2(C(=O)Nc3ccc(NC(=O)C45CCC(C4)C(C)(C)C5=C)cc3)CCC(C2)C1(C)C. The molecule has 4 aliphatic carbocycles. The number of fused-ring (bicyclic) bond motifs is 4. The summed E-state index contributed by atoms with van der Waals surface area (Å²) in [5.41, 5.74) is 2.86. The molecule has 4 fully saturated rings. The third-order valence-electron chi connectivity index (χ3n) is 10.1. The van der Waals surface area contributed by atoms with Gasteiger partial charge in [-0.05, 0) is 85.5 Å². The van der Waals surface area contributed by atoms with Crippen LogP contribution in [0, 0.1) is 33.5 Å². The maximum atomic E-state index is 13.3. The van der Waals surface area contributed by atoms with Crippen molar-refractivity contribution >= 4 is 23.2 Å². The van der Waals surface area contributed by atoms with Gasteiger partial charge in [-0.1, -0.05) is 52.0 Å². The molecular weight excluding hydrogens is 396 g/mol. The summed E-state index contributed by atoms with van der Waals surface area (Å²) in [5, 5.41) is 6.25. The van der Waals surface area contributed by atoms with Crippen LogP contribution in [-0.4, -0.2) is 11.8 Å². The first-order valence-electron chi connectivity index (χ1n) is 12.1. The molecule has 4 unspecified atom stereocenters. The van der Waals surface area contributed by atoms with Gasteiger partial charge in [-0.3, -0.25) is 9.59 Å². The highest BCUT2D eigenvalue weighted by Gasteiger charge is 2.62. The first-order chi connectivity index (χ1) is 14.9. The second kappa shape index (κ2) is 6.59. The lowest BCUT2D eigenvalue weighted by molar-refractivity contribution is -0.124. The highest BCUT2D eigenvalue weighted by molar-refractivity contribution is 6.00. The molecule has 4 nitrogen and oxygen atoms in total. The molecule has 0 aliphatic heterocycles. The zero-order chi connectivity index (χ0) is 23.1. The Morgan fingerprint density at radius 1 is 0.750 bits per heavy atom. The van der Waals surface area contributed by atoms with Crippen molar-refractivity contribution in [2.45, 2.75) is 66.2 Å². The van der Waals surface area contributed by atoms with Gasteiger partial charge in [-0.15, -0.1) is 0 Å². The van der Waals surface area contributed by atoms with Crippen molar-refractivity contribution in [3.8, 4) is 0 Å². The summed E-state index contributed by atoms with van der Waals surface area (Å²) in [5.74, 6) is 1.21. The Kier molecular flexibility index (Phi) is 4.42. The van der Waals surface area contributed by atoms with Gasteiger partial charge in [-0.2, -0.15) is 0 Å². The van der Waals surface area contributed by atoms with Crippen LogP contribution in [0.2, 0.25) is 0 Å². The number of nitrogens with one attached hydrogen (secondary N) is 2. The highest BCUT2D eigenvalue weighted by Crippen LogP contribution is 2.66. The third kappa shape index (κ3) is 2.67. The minimum Gasteiger partial charge on any atom is -0.325 e. The molecule has 0 radical (unpaired) electrons. The molecule has 0 saturated heterocycles. The molecular formula is C28H36N2O2. The van der Waals surface area contributed by atoms with Crippen molar-refractivity contribution in [1.82, 2.24) is 0 Å². The number of anilines is 2. The number of hydrogen-bond acceptors (Lipinski definition) is 2. The van der Waals surface area contributed by atoms with Crippen LogP contribution in [0.25, 0.3) is 0 Å². The minimum atomic E-state index is -0.436. The Labute approximate surface area is 191 Å². The Morgan fingerprint density at radius 3 is 1.38 bits per heavy atom. The van der Waals surface area contributed by atoms with Crippen LogP contribution in [0.1, 0.15) is 66.2 Å². The maximum Gasteiger partial charge on any atom is 0.234 e. The van der Waals surface area contributed by atoms with Crippen molar-refractivity contribution in [2.75, 3.05) is 10.6 Å². The molecule has 5 rings (SSSR count). The smallest absolute Gasteiger partial charge is 0.234 e. The Morgan fingerprint density at radius 2 is 1.09 bits per heavy atom. The Bertz CT molecular complexity index is 951. The van der Waals surface area contributed by atoms with Gasteiger partial charge >= 0.3 is 0 Å². The van der Waals surface area contributed by atoms with Crippen LogP contribution in [0.15, 0.2) is 48.6 Å². The van der Waals surface area contributed by atoms with Gasteiger partial charge < -0.3 is 10.6 Å². The summed E-state index contributed by atoms with van der Waals surface area (Å²) in [6.45, 7) is 17.5. The molecule has 4 aliphatic rings. The Hall–Kier alpha value is -2.36. The summed E-state index contributed by atoms with van der Waals surface area (Å²) < 4.78 is 0. The quantitative estimate of drug-likeness (QED) is 0.546. The van der Waals surface area contributed by atoms with Gasteiger partial charge in [0.05, 0.1) is 10.8 Å². The van der Waals surface area contributed by atoms with E-state index in [9.17, 15) is 9.59 Å². The van der Waals surface area contributed by atoms with Crippen LogP contribution < -0.4 is 10.6 Å². The van der Waals surface area contributed by atoms with E-state index in [2.05, 4.69) is 51.5 Å². The zero-order valence-corrected chi connectivity index (χ0v) is 19.9. The zero-order valence-electron chi connectivity index (χ0n) is 19.9. The van der Waals surface area contributed by atoms with Crippen molar-refractivity contribution in [3.05, 3.63) is 48.6 Å². The van der Waals surface area contributed by atoms with E-state index in [1.807, 2.05) is 24.3 Å². The molecule has 0 heterocycles. The molecule has 4 bridgehead atoms. The van der Waals surface area contributed by atoms with E-state index in [0.29, 0.717) is 11.8 Å². The number of carbonyl (C=O) groups is 2. The fourth-order valence-corrected chi connectivity index (χ4v) is 7.42. The Balaban J connectivity index is 1.27. The van der Waals surface area contributed by atoms with Gasteiger partial charge in [0.1, 0.15) is 0 Å². The van der Waals surface area contributed by atoms with E-state index in [0.717, 1.165) is 61.0 Å². The molecule has 2 N–H and O–H groups in total. The fraction of sp³-hybridized carbons (Fsp3) is 0.571. The number of rotatable bonds is 4. The average molecular weight is 433 g/mol. The lowest BCUT2D eigenvalue weighted by atomic mass is 9.68. The molecule has 170 valence electrons. The predicted octanol–water partition coefficient (Wildman–Crippen LogP) is 6.33. The van der Waals surface area contributed by atoms with Gasteiger partial charge in [0.25, 0.3) is 0 Å². The van der Waals surface area contributed by atoms with E-state index in [1.165, 1.54) is 0 Å². The van der Waals surface area contributed by atoms with Crippen LogP contribution in [0.3, 0.4) is 0 Å². The highest BCUT2D eigenvalue weighted by atomic mass is 16.2. The van der Waals surface area contributed by atoms with E-state index in [4.69, 9.17) is 0 Å². The molecule has 0 aromatic heterocycles. The summed E-state index contributed by atoms with van der Waals surface area (Å²) in [4.78, 5) is 26.5. The van der Waals surface area contributed by atoms with Crippen LogP contribution in [0.4, 0.5) is 11.4 Å². The summed E-state index contributed by atoms with van der Waals surface area (Å²) in [6, 6.07) is 7.51. The molecule has 1 aromatic carbocycles. The number of hydrogen-bond donors (Lipinski definition) is 2. The number of carbonyl (C=O) groups excluding carboxylic acids is 2. The second-order valence-electron chi connectivity index (χ2n) is 11.9. The molecule has 32 heavy (non-hydrogen) atoms. The molecule has 0 spiro atoms. The summed E-state index contributed by atoms with van der Waals surface area (Å²) in [6.07, 6.45) is 5.78. The first kappa shape index (κ1) is 21.5. The van der Waals surface area contributed by atoms with Crippen molar-refractivity contribution in [3.63, 3.8) is 0 Å². The number of benzene rings is 1. The molecule has 4 heteroatoms. The second-order valence-corrected chi connectivity index (χ2v) is 11.9. The maximum absolute atomic E-state index is 13.3. The molecule has 4 atom stereocenters. The lowest BCUT2D eigenvalue weighted by Crippen LogP contribution is -2.37. The number of amides is 2. The average Bonchev–Trinajstić information content (AvgIpc) is 3.47. The summed E-state index contributed by atoms with van der Waals surface area (Å²) >= 11 is 0. The van der Waals surface area contributed by atoms with E-state index in [1.54, 1.807) is 0 Å². The van der Waals surface area contributed by atoms with Crippen LogP contribution in [-0.2, 0) is 9.59 Å². The van der Waals surface area contributed by atoms with Crippen LogP contribution in [0.5, 0.6) is 0 Å². The minimum absolute atomic E-state index is 0.0290. The summed E-state index contributed by atoms with van der Waals surface area (Å²) in [7, 11) is 0.